The molecule has 0 radical (unpaired) electrons. The summed E-state index contributed by atoms with van der Waals surface area (Å²) in [6.07, 6.45) is 3.21. The number of amides is 1. The van der Waals surface area contributed by atoms with Crippen LogP contribution in [0.2, 0.25) is 0 Å². The van der Waals surface area contributed by atoms with Gasteiger partial charge in [-0.3, -0.25) is 9.78 Å². The minimum absolute atomic E-state index is 0.257. The number of aromatic nitrogens is 1. The van der Waals surface area contributed by atoms with E-state index in [2.05, 4.69) is 4.98 Å². The highest BCUT2D eigenvalue weighted by molar-refractivity contribution is 5.93. The van der Waals surface area contributed by atoms with Crippen molar-refractivity contribution in [2.45, 2.75) is 12.8 Å². The van der Waals surface area contributed by atoms with E-state index in [-0.39, 0.29) is 5.92 Å². The zero-order chi connectivity index (χ0) is 15.5. The second-order valence-electron chi connectivity index (χ2n) is 5.40. The number of primary amides is 1. The van der Waals surface area contributed by atoms with Crippen molar-refractivity contribution in [1.82, 2.24) is 4.98 Å². The third kappa shape index (κ3) is 2.74. The predicted octanol–water partition coefficient (Wildman–Crippen LogP) is 1.98. The zero-order valence-corrected chi connectivity index (χ0v) is 12.4. The molecule has 1 aromatic heterocycles. The number of rotatable bonds is 4. The molecular weight excluding hydrogens is 280 g/mol. The Kier molecular flexibility index (Phi) is 3.96. The summed E-state index contributed by atoms with van der Waals surface area (Å²) in [5, 5.41) is 0. The van der Waals surface area contributed by atoms with Crippen molar-refractivity contribution in [2.24, 2.45) is 11.7 Å². The fourth-order valence-corrected chi connectivity index (χ4v) is 2.85. The molecule has 0 aliphatic carbocycles. The van der Waals surface area contributed by atoms with E-state index in [4.69, 9.17) is 15.2 Å². The molecule has 114 valence electrons. The number of hydrogen-bond acceptors (Lipinski definition) is 4. The van der Waals surface area contributed by atoms with Gasteiger partial charge in [0.05, 0.1) is 25.0 Å². The molecule has 0 bridgehead atoms. The molecular formula is C17H18N2O3. The first kappa shape index (κ1) is 14.4. The first-order valence-corrected chi connectivity index (χ1v) is 7.21. The van der Waals surface area contributed by atoms with Crippen LogP contribution in [0.1, 0.15) is 21.6 Å². The predicted molar refractivity (Wildman–Crippen MR) is 82.1 cm³/mol. The highest BCUT2D eigenvalue weighted by Gasteiger charge is 2.24. The van der Waals surface area contributed by atoms with Crippen molar-refractivity contribution in [3.8, 4) is 11.5 Å². The maximum absolute atomic E-state index is 11.5. The van der Waals surface area contributed by atoms with Gasteiger partial charge in [-0.1, -0.05) is 12.1 Å². The lowest BCUT2D eigenvalue weighted by atomic mass is 9.91. The van der Waals surface area contributed by atoms with Gasteiger partial charge in [0.15, 0.2) is 11.5 Å². The molecule has 1 aliphatic heterocycles. The summed E-state index contributed by atoms with van der Waals surface area (Å²) in [7, 11) is 1.64. The van der Waals surface area contributed by atoms with Gasteiger partial charge in [-0.05, 0) is 36.6 Å². The van der Waals surface area contributed by atoms with E-state index in [1.165, 1.54) is 0 Å². The highest BCUT2D eigenvalue weighted by atomic mass is 16.5. The molecule has 0 fully saturated rings. The van der Waals surface area contributed by atoms with E-state index >= 15 is 0 Å². The lowest BCUT2D eigenvalue weighted by Gasteiger charge is -2.26. The molecule has 5 nitrogen and oxygen atoms in total. The van der Waals surface area contributed by atoms with E-state index in [0.717, 1.165) is 29.2 Å². The molecule has 22 heavy (non-hydrogen) atoms. The van der Waals surface area contributed by atoms with Crippen LogP contribution in [-0.2, 0) is 12.8 Å². The van der Waals surface area contributed by atoms with Crippen LogP contribution in [0.4, 0.5) is 0 Å². The minimum atomic E-state index is -0.443. The van der Waals surface area contributed by atoms with Gasteiger partial charge >= 0.3 is 0 Å². The number of methoxy groups -OCH3 is 1. The summed E-state index contributed by atoms with van der Waals surface area (Å²) < 4.78 is 11.2. The zero-order valence-electron chi connectivity index (χ0n) is 12.4. The molecule has 1 aromatic carbocycles. The maximum Gasteiger partial charge on any atom is 0.250 e. The lowest BCUT2D eigenvalue weighted by molar-refractivity contribution is 0.0998. The Labute approximate surface area is 129 Å². The van der Waals surface area contributed by atoms with Crippen molar-refractivity contribution in [1.29, 1.82) is 0 Å². The second-order valence-corrected chi connectivity index (χ2v) is 5.40. The van der Waals surface area contributed by atoms with Gasteiger partial charge in [-0.25, -0.2) is 0 Å². The van der Waals surface area contributed by atoms with E-state index < -0.39 is 5.91 Å². The van der Waals surface area contributed by atoms with Crippen molar-refractivity contribution in [3.05, 3.63) is 53.3 Å². The molecule has 2 aromatic rings. The van der Waals surface area contributed by atoms with Crippen molar-refractivity contribution >= 4 is 5.91 Å². The van der Waals surface area contributed by atoms with Crippen LogP contribution in [0, 0.1) is 5.92 Å². The monoisotopic (exact) mass is 298 g/mol. The Bertz CT molecular complexity index is 700. The second kappa shape index (κ2) is 6.05. The molecule has 5 heteroatoms. The summed E-state index contributed by atoms with van der Waals surface area (Å²) in [5.41, 5.74) is 7.74. The molecule has 2 heterocycles. The number of carbonyl (C=O) groups excluding carboxylic acids is 1. The Morgan fingerprint density at radius 3 is 3.05 bits per heavy atom. The molecule has 2 N–H and O–H groups in total. The third-order valence-electron chi connectivity index (χ3n) is 3.89. The summed E-state index contributed by atoms with van der Waals surface area (Å²) in [4.78, 5) is 15.8. The summed E-state index contributed by atoms with van der Waals surface area (Å²) in [5.74, 6) is 1.39. The average molecular weight is 298 g/mol. The van der Waals surface area contributed by atoms with Gasteiger partial charge in [0, 0.05) is 12.1 Å². The van der Waals surface area contributed by atoms with Crippen LogP contribution in [0.25, 0.3) is 0 Å². The molecule has 1 amide bonds. The van der Waals surface area contributed by atoms with Crippen LogP contribution < -0.4 is 15.2 Å². The van der Waals surface area contributed by atoms with Crippen LogP contribution in [0.15, 0.2) is 36.5 Å². The SMILES string of the molecule is COc1cccc2c1OC[C@@H](Cc1ncccc1C(N)=O)C2. The quantitative estimate of drug-likeness (QED) is 0.936. The highest BCUT2D eigenvalue weighted by Crippen LogP contribution is 2.36. The number of hydrogen-bond donors (Lipinski definition) is 1. The van der Waals surface area contributed by atoms with Gasteiger partial charge in [0.1, 0.15) is 0 Å². The third-order valence-corrected chi connectivity index (χ3v) is 3.89. The fourth-order valence-electron chi connectivity index (χ4n) is 2.85. The maximum atomic E-state index is 11.5. The van der Waals surface area contributed by atoms with E-state index in [0.29, 0.717) is 18.6 Å². The standard InChI is InChI=1S/C17H18N2O3/c1-21-15-6-2-4-12-8-11(10-22-16(12)15)9-14-13(17(18)20)5-3-7-19-14/h2-7,11H,8-10H2,1H3,(H2,18,20)/t11-/m1/s1. The van der Waals surface area contributed by atoms with Gasteiger partial charge < -0.3 is 15.2 Å². The number of ether oxygens (including phenoxy) is 2. The van der Waals surface area contributed by atoms with Gasteiger partial charge in [-0.2, -0.15) is 0 Å². The van der Waals surface area contributed by atoms with Crippen LogP contribution >= 0.6 is 0 Å². The fraction of sp³-hybridized carbons (Fsp3) is 0.294. The summed E-state index contributed by atoms with van der Waals surface area (Å²) in [6, 6.07) is 9.33. The molecule has 0 saturated heterocycles. The van der Waals surface area contributed by atoms with Gasteiger partial charge in [0.2, 0.25) is 0 Å². The van der Waals surface area contributed by atoms with E-state index in [1.807, 2.05) is 18.2 Å². The number of nitrogens with two attached hydrogens (primary N) is 1. The first-order valence-electron chi connectivity index (χ1n) is 7.21. The Morgan fingerprint density at radius 2 is 2.27 bits per heavy atom. The van der Waals surface area contributed by atoms with E-state index in [1.54, 1.807) is 25.4 Å². The summed E-state index contributed by atoms with van der Waals surface area (Å²) >= 11 is 0. The Morgan fingerprint density at radius 1 is 1.41 bits per heavy atom. The molecule has 0 saturated carbocycles. The number of para-hydroxylation sites is 1. The lowest BCUT2D eigenvalue weighted by Crippen LogP contribution is -2.25. The van der Waals surface area contributed by atoms with Crippen LogP contribution in [0.5, 0.6) is 11.5 Å². The Balaban J connectivity index is 1.80. The first-order chi connectivity index (χ1) is 10.7. The number of pyridine rings is 1. The largest absolute Gasteiger partial charge is 0.493 e. The van der Waals surface area contributed by atoms with Crippen molar-refractivity contribution < 1.29 is 14.3 Å². The van der Waals surface area contributed by atoms with Crippen molar-refractivity contribution in [3.63, 3.8) is 0 Å². The normalized spacial score (nSPS) is 16.5. The topological polar surface area (TPSA) is 74.4 Å². The molecule has 0 unspecified atom stereocenters. The molecule has 3 rings (SSSR count). The van der Waals surface area contributed by atoms with Crippen molar-refractivity contribution in [2.75, 3.05) is 13.7 Å². The number of nitrogens with zero attached hydrogens (tertiary/aromatic N) is 1. The molecule has 1 atom stereocenters. The van der Waals surface area contributed by atoms with E-state index in [9.17, 15) is 4.79 Å². The van der Waals surface area contributed by atoms with Crippen LogP contribution in [-0.4, -0.2) is 24.6 Å². The Hall–Kier alpha value is -2.56. The smallest absolute Gasteiger partial charge is 0.250 e. The molecule has 1 aliphatic rings. The number of carbonyl (C=O) groups is 1. The van der Waals surface area contributed by atoms with Gasteiger partial charge in [0.25, 0.3) is 5.91 Å². The minimum Gasteiger partial charge on any atom is -0.493 e. The summed E-state index contributed by atoms with van der Waals surface area (Å²) in [6.45, 7) is 0.572. The number of fused-ring (bicyclic) bond motifs is 1. The van der Waals surface area contributed by atoms with Crippen LogP contribution in [0.3, 0.4) is 0 Å². The van der Waals surface area contributed by atoms with Gasteiger partial charge in [-0.15, -0.1) is 0 Å². The average Bonchev–Trinajstić information content (AvgIpc) is 2.54. The molecule has 0 spiro atoms. The number of benzene rings is 1.